The molecule has 9 heteroatoms. The summed E-state index contributed by atoms with van der Waals surface area (Å²) in [4.78, 5) is 17.7. The molecule has 0 aliphatic heterocycles. The van der Waals surface area contributed by atoms with Crippen molar-refractivity contribution in [2.24, 2.45) is 10.1 Å². The van der Waals surface area contributed by atoms with Gasteiger partial charge in [-0.2, -0.15) is 4.99 Å². The van der Waals surface area contributed by atoms with Crippen LogP contribution in [0.5, 0.6) is 0 Å². The second-order valence-electron chi connectivity index (χ2n) is 6.68. The van der Waals surface area contributed by atoms with E-state index in [1.54, 1.807) is 19.2 Å². The van der Waals surface area contributed by atoms with E-state index in [1.807, 2.05) is 41.0 Å². The zero-order valence-corrected chi connectivity index (χ0v) is 17.7. The summed E-state index contributed by atoms with van der Waals surface area (Å²) >= 11 is 1.23. The minimum atomic E-state index is -3.83. The van der Waals surface area contributed by atoms with Gasteiger partial charge < -0.3 is 9.30 Å². The van der Waals surface area contributed by atoms with E-state index in [2.05, 4.69) is 4.99 Å². The highest BCUT2D eigenvalue weighted by atomic mass is 32.2. The van der Waals surface area contributed by atoms with E-state index in [9.17, 15) is 13.2 Å². The normalized spacial score (nSPS) is 12.7. The lowest BCUT2D eigenvalue weighted by atomic mass is 10.1. The van der Waals surface area contributed by atoms with Crippen LogP contribution in [0.25, 0.3) is 21.0 Å². The SMILES string of the molecule is COCCn1c(=NC(=O)c2ccc3ccccc3c2)sc2cc(S(N)(=O)=O)ccc21. The van der Waals surface area contributed by atoms with Gasteiger partial charge in [-0.15, -0.1) is 0 Å². The molecule has 154 valence electrons. The third kappa shape index (κ3) is 4.05. The quantitative estimate of drug-likeness (QED) is 0.514. The smallest absolute Gasteiger partial charge is 0.279 e. The molecule has 4 aromatic rings. The van der Waals surface area contributed by atoms with Crippen LogP contribution in [0.2, 0.25) is 0 Å². The maximum absolute atomic E-state index is 12.9. The Kier molecular flexibility index (Phi) is 5.52. The van der Waals surface area contributed by atoms with E-state index >= 15 is 0 Å². The standard InChI is InChI=1S/C21H19N3O4S2/c1-28-11-10-24-18-9-8-17(30(22,26)27)13-19(18)29-21(24)23-20(25)16-7-6-14-4-2-3-5-15(14)12-16/h2-9,12-13H,10-11H2,1H3,(H2,22,26,27). The number of carbonyl (C=O) groups excluding carboxylic acids is 1. The van der Waals surface area contributed by atoms with E-state index in [0.29, 0.717) is 28.2 Å². The number of fused-ring (bicyclic) bond motifs is 2. The predicted molar refractivity (Wildman–Crippen MR) is 117 cm³/mol. The van der Waals surface area contributed by atoms with Crippen molar-refractivity contribution in [3.63, 3.8) is 0 Å². The molecule has 4 rings (SSSR count). The third-order valence-electron chi connectivity index (χ3n) is 4.70. The number of sulfonamides is 1. The number of primary sulfonamides is 1. The molecule has 0 spiro atoms. The molecule has 0 aliphatic rings. The van der Waals surface area contributed by atoms with Gasteiger partial charge >= 0.3 is 0 Å². The average Bonchev–Trinajstić information content (AvgIpc) is 3.07. The first-order valence-electron chi connectivity index (χ1n) is 9.10. The molecule has 30 heavy (non-hydrogen) atoms. The van der Waals surface area contributed by atoms with E-state index in [-0.39, 0.29) is 10.8 Å². The number of methoxy groups -OCH3 is 1. The number of carbonyl (C=O) groups is 1. The highest BCUT2D eigenvalue weighted by molar-refractivity contribution is 7.89. The van der Waals surface area contributed by atoms with Gasteiger partial charge in [0, 0.05) is 19.2 Å². The maximum atomic E-state index is 12.9. The molecule has 0 saturated carbocycles. The van der Waals surface area contributed by atoms with Crippen LogP contribution in [-0.2, 0) is 21.3 Å². The van der Waals surface area contributed by atoms with Crippen molar-refractivity contribution in [3.8, 4) is 0 Å². The molecule has 1 amide bonds. The molecular formula is C21H19N3O4S2. The zero-order valence-electron chi connectivity index (χ0n) is 16.1. The van der Waals surface area contributed by atoms with Crippen LogP contribution >= 0.6 is 11.3 Å². The number of hydrogen-bond donors (Lipinski definition) is 1. The molecule has 1 aromatic heterocycles. The highest BCUT2D eigenvalue weighted by Gasteiger charge is 2.14. The molecule has 7 nitrogen and oxygen atoms in total. The molecule has 0 saturated heterocycles. The number of thiazole rings is 1. The van der Waals surface area contributed by atoms with Crippen LogP contribution in [0.4, 0.5) is 0 Å². The molecule has 0 radical (unpaired) electrons. The molecule has 0 aliphatic carbocycles. The van der Waals surface area contributed by atoms with Crippen molar-refractivity contribution in [2.75, 3.05) is 13.7 Å². The molecule has 0 fully saturated rings. The Bertz CT molecular complexity index is 1440. The fraction of sp³-hybridized carbons (Fsp3) is 0.143. The summed E-state index contributed by atoms with van der Waals surface area (Å²) in [5, 5.41) is 7.25. The molecule has 2 N–H and O–H groups in total. The molecule has 0 unspecified atom stereocenters. The van der Waals surface area contributed by atoms with Crippen molar-refractivity contribution in [1.29, 1.82) is 0 Å². The predicted octanol–water partition coefficient (Wildman–Crippen LogP) is 2.89. The summed E-state index contributed by atoms with van der Waals surface area (Å²) in [5.41, 5.74) is 1.24. The van der Waals surface area contributed by atoms with Gasteiger partial charge in [-0.3, -0.25) is 4.79 Å². The fourth-order valence-corrected chi connectivity index (χ4v) is 4.90. The lowest BCUT2D eigenvalue weighted by Crippen LogP contribution is -2.19. The lowest BCUT2D eigenvalue weighted by Gasteiger charge is -2.05. The van der Waals surface area contributed by atoms with E-state index in [4.69, 9.17) is 9.88 Å². The van der Waals surface area contributed by atoms with Crippen LogP contribution in [0.15, 0.2) is 70.6 Å². The van der Waals surface area contributed by atoms with Crippen molar-refractivity contribution >= 4 is 48.3 Å². The number of nitrogens with zero attached hydrogens (tertiary/aromatic N) is 2. The highest BCUT2D eigenvalue weighted by Crippen LogP contribution is 2.22. The number of rotatable bonds is 5. The first-order chi connectivity index (χ1) is 14.4. The number of nitrogens with two attached hydrogens (primary N) is 1. The van der Waals surface area contributed by atoms with Gasteiger partial charge in [-0.1, -0.05) is 41.7 Å². The van der Waals surface area contributed by atoms with Crippen molar-refractivity contribution in [3.05, 3.63) is 71.0 Å². The fourth-order valence-electron chi connectivity index (χ4n) is 3.19. The van der Waals surface area contributed by atoms with Gasteiger partial charge in [0.2, 0.25) is 10.0 Å². The van der Waals surface area contributed by atoms with Gasteiger partial charge in [0.25, 0.3) is 5.91 Å². The van der Waals surface area contributed by atoms with Crippen molar-refractivity contribution in [2.45, 2.75) is 11.4 Å². The zero-order chi connectivity index (χ0) is 21.3. The summed E-state index contributed by atoms with van der Waals surface area (Å²) < 4.78 is 31.1. The van der Waals surface area contributed by atoms with E-state index in [0.717, 1.165) is 16.3 Å². The van der Waals surface area contributed by atoms with E-state index in [1.165, 1.54) is 23.5 Å². The molecule has 3 aromatic carbocycles. The van der Waals surface area contributed by atoms with E-state index < -0.39 is 10.0 Å². The summed E-state index contributed by atoms with van der Waals surface area (Å²) in [6, 6.07) is 17.9. The first kappa shape index (κ1) is 20.4. The molecule has 0 bridgehead atoms. The topological polar surface area (TPSA) is 104 Å². The van der Waals surface area contributed by atoms with Crippen LogP contribution < -0.4 is 9.94 Å². The van der Waals surface area contributed by atoms with Gasteiger partial charge in [0.15, 0.2) is 4.80 Å². The number of ether oxygens (including phenoxy) is 1. The number of hydrogen-bond acceptors (Lipinski definition) is 5. The summed E-state index contributed by atoms with van der Waals surface area (Å²) in [5.74, 6) is -0.370. The Morgan fingerprint density at radius 3 is 2.60 bits per heavy atom. The summed E-state index contributed by atoms with van der Waals surface area (Å²) in [6.07, 6.45) is 0. The van der Waals surface area contributed by atoms with Crippen LogP contribution in [0.3, 0.4) is 0 Å². The summed E-state index contributed by atoms with van der Waals surface area (Å²) in [7, 11) is -2.24. The first-order valence-corrected chi connectivity index (χ1v) is 11.5. The second kappa shape index (κ2) is 8.11. The summed E-state index contributed by atoms with van der Waals surface area (Å²) in [6.45, 7) is 0.884. The monoisotopic (exact) mass is 441 g/mol. The largest absolute Gasteiger partial charge is 0.383 e. The van der Waals surface area contributed by atoms with Crippen molar-refractivity contribution in [1.82, 2.24) is 4.57 Å². The Balaban J connectivity index is 1.83. The van der Waals surface area contributed by atoms with Gasteiger partial charge in [0.1, 0.15) is 0 Å². The Hall–Kier alpha value is -2.85. The minimum absolute atomic E-state index is 0.0162. The van der Waals surface area contributed by atoms with Crippen LogP contribution in [-0.4, -0.2) is 32.6 Å². The average molecular weight is 442 g/mol. The van der Waals surface area contributed by atoms with Crippen LogP contribution in [0.1, 0.15) is 10.4 Å². The maximum Gasteiger partial charge on any atom is 0.279 e. The minimum Gasteiger partial charge on any atom is -0.383 e. The van der Waals surface area contributed by atoms with Crippen LogP contribution in [0, 0.1) is 0 Å². The van der Waals surface area contributed by atoms with Gasteiger partial charge in [-0.05, 0) is 41.1 Å². The molecular weight excluding hydrogens is 422 g/mol. The Morgan fingerprint density at radius 1 is 1.10 bits per heavy atom. The lowest BCUT2D eigenvalue weighted by molar-refractivity contribution is 0.0997. The van der Waals surface area contributed by atoms with Gasteiger partial charge in [-0.25, -0.2) is 13.6 Å². The Morgan fingerprint density at radius 2 is 1.87 bits per heavy atom. The second-order valence-corrected chi connectivity index (χ2v) is 9.25. The molecule has 0 atom stereocenters. The Labute approximate surface area is 177 Å². The molecule has 1 heterocycles. The van der Waals surface area contributed by atoms with Crippen molar-refractivity contribution < 1.29 is 17.9 Å². The van der Waals surface area contributed by atoms with Gasteiger partial charge in [0.05, 0.1) is 21.7 Å². The third-order valence-corrected chi connectivity index (χ3v) is 6.65. The number of aromatic nitrogens is 1. The number of amides is 1. The number of benzene rings is 3.